The van der Waals surface area contributed by atoms with Crippen LogP contribution in [0.3, 0.4) is 0 Å². The molecule has 1 aromatic carbocycles. The van der Waals surface area contributed by atoms with Gasteiger partial charge in [0, 0.05) is 17.5 Å². The molecule has 0 amide bonds. The number of benzene rings is 1. The molecule has 2 fully saturated rings. The molecule has 4 nitrogen and oxygen atoms in total. The summed E-state index contributed by atoms with van der Waals surface area (Å²) < 4.78 is 18.6. The average Bonchev–Trinajstić information content (AvgIpc) is 3.19. The van der Waals surface area contributed by atoms with Crippen LogP contribution < -0.4 is 0 Å². The Morgan fingerprint density at radius 3 is 2.58 bits per heavy atom. The highest BCUT2D eigenvalue weighted by atomic mass is 19.1. The van der Waals surface area contributed by atoms with Crippen LogP contribution in [0.5, 0.6) is 0 Å². The topological polar surface area (TPSA) is 56.3 Å². The summed E-state index contributed by atoms with van der Waals surface area (Å²) in [6, 6.07) is 6.72. The van der Waals surface area contributed by atoms with Crippen LogP contribution in [0, 0.1) is 23.6 Å². The van der Waals surface area contributed by atoms with Gasteiger partial charge in [0.2, 0.25) is 5.78 Å². The van der Waals surface area contributed by atoms with Crippen molar-refractivity contribution in [3.63, 3.8) is 0 Å². The predicted octanol–water partition coefficient (Wildman–Crippen LogP) is 4.03. The number of Topliss-reactive ketones (excluding diaryl/α,β-unsaturated/α-hetero) is 1. The van der Waals surface area contributed by atoms with E-state index in [4.69, 9.17) is 4.74 Å². The van der Waals surface area contributed by atoms with Crippen molar-refractivity contribution in [2.75, 3.05) is 6.61 Å². The molecule has 136 valence electrons. The van der Waals surface area contributed by atoms with Crippen molar-refractivity contribution >= 4 is 22.7 Å². The summed E-state index contributed by atoms with van der Waals surface area (Å²) >= 11 is 0. The van der Waals surface area contributed by atoms with E-state index in [2.05, 4.69) is 4.98 Å². The molecule has 0 radical (unpaired) electrons. The number of hydrogen-bond acceptors (Lipinski definition) is 4. The number of rotatable bonds is 4. The molecule has 0 unspecified atom stereocenters. The van der Waals surface area contributed by atoms with Crippen molar-refractivity contribution in [1.29, 1.82) is 0 Å². The van der Waals surface area contributed by atoms with Gasteiger partial charge in [-0.15, -0.1) is 0 Å². The van der Waals surface area contributed by atoms with E-state index in [9.17, 15) is 14.0 Å². The number of ether oxygens (including phenoxy) is 1. The highest BCUT2D eigenvalue weighted by Gasteiger charge is 2.45. The van der Waals surface area contributed by atoms with Crippen LogP contribution in [-0.2, 0) is 14.3 Å². The summed E-state index contributed by atoms with van der Waals surface area (Å²) in [5, 5.41) is 0.886. The smallest absolute Gasteiger partial charge is 0.374 e. The van der Waals surface area contributed by atoms with Crippen LogP contribution in [-0.4, -0.2) is 23.3 Å². The minimum atomic E-state index is -0.690. The second kappa shape index (κ2) is 6.78. The highest BCUT2D eigenvalue weighted by Crippen LogP contribution is 2.53. The molecule has 26 heavy (non-hydrogen) atoms. The Morgan fingerprint density at radius 2 is 1.88 bits per heavy atom. The van der Waals surface area contributed by atoms with Crippen LogP contribution in [0.25, 0.3) is 10.9 Å². The van der Waals surface area contributed by atoms with Crippen LogP contribution in [0.4, 0.5) is 4.39 Å². The number of fused-ring (bicyclic) bond motifs is 2. The second-order valence-corrected chi connectivity index (χ2v) is 7.50. The van der Waals surface area contributed by atoms with Gasteiger partial charge in [0.25, 0.3) is 0 Å². The lowest BCUT2D eigenvalue weighted by atomic mass is 9.89. The van der Waals surface area contributed by atoms with Crippen molar-refractivity contribution in [3.05, 3.63) is 41.8 Å². The van der Waals surface area contributed by atoms with Gasteiger partial charge in [-0.1, -0.05) is 0 Å². The fourth-order valence-corrected chi connectivity index (χ4v) is 4.95. The summed E-state index contributed by atoms with van der Waals surface area (Å²) in [4.78, 5) is 28.2. The third-order valence-corrected chi connectivity index (χ3v) is 6.04. The lowest BCUT2D eigenvalue weighted by Crippen LogP contribution is -2.24. The number of carbonyl (C=O) groups is 2. The molecular weight excluding hydrogens is 333 g/mol. The molecule has 5 heteroatoms. The van der Waals surface area contributed by atoms with E-state index in [0.717, 1.165) is 42.1 Å². The van der Waals surface area contributed by atoms with E-state index in [0.29, 0.717) is 17.8 Å². The number of aromatic nitrogens is 1. The van der Waals surface area contributed by atoms with Gasteiger partial charge < -0.3 is 4.74 Å². The van der Waals surface area contributed by atoms with Gasteiger partial charge in [-0.05, 0) is 80.2 Å². The normalized spacial score (nSPS) is 27.5. The molecule has 2 aromatic rings. The summed E-state index contributed by atoms with van der Waals surface area (Å²) in [7, 11) is 0. The first-order valence-corrected chi connectivity index (χ1v) is 9.32. The Morgan fingerprint density at radius 1 is 1.15 bits per heavy atom. The van der Waals surface area contributed by atoms with Gasteiger partial charge in [-0.2, -0.15) is 0 Å². The minimum absolute atomic E-state index is 0.198. The zero-order valence-electron chi connectivity index (χ0n) is 14.8. The zero-order valence-corrected chi connectivity index (χ0v) is 14.8. The Bertz CT molecular complexity index is 851. The quantitative estimate of drug-likeness (QED) is 0.614. The molecule has 2 saturated carbocycles. The van der Waals surface area contributed by atoms with Gasteiger partial charge in [0.05, 0.1) is 12.1 Å². The number of hydrogen-bond donors (Lipinski definition) is 0. The lowest BCUT2D eigenvalue weighted by molar-refractivity contribution is -0.155. The first-order valence-electron chi connectivity index (χ1n) is 9.32. The van der Waals surface area contributed by atoms with Gasteiger partial charge in [-0.25, -0.2) is 9.18 Å². The monoisotopic (exact) mass is 355 g/mol. The zero-order chi connectivity index (χ0) is 18.3. The molecule has 0 spiro atoms. The molecule has 4 rings (SSSR count). The van der Waals surface area contributed by atoms with E-state index < -0.39 is 5.97 Å². The van der Waals surface area contributed by atoms with Gasteiger partial charge in [-0.3, -0.25) is 9.78 Å². The largest absolute Gasteiger partial charge is 0.460 e. The molecule has 0 aliphatic heterocycles. The van der Waals surface area contributed by atoms with E-state index >= 15 is 0 Å². The van der Waals surface area contributed by atoms with Crippen molar-refractivity contribution in [2.24, 2.45) is 17.8 Å². The first kappa shape index (κ1) is 17.1. The average molecular weight is 355 g/mol. The Labute approximate surface area is 151 Å². The number of nitrogens with zero attached hydrogens (tertiary/aromatic N) is 1. The fourth-order valence-electron chi connectivity index (χ4n) is 4.95. The summed E-state index contributed by atoms with van der Waals surface area (Å²) in [6.45, 7) is 1.94. The molecule has 2 aliphatic carbocycles. The molecule has 0 saturated heterocycles. The standard InChI is InChI=1S/C21H22FNO3/c1-2-26-21(25)20(24)15-9-12-7-14(8-13(12)10-15)17-5-6-23-19-4-3-16(22)11-18(17)19/h3-6,11-15H,2,7-10H2,1H3/t12-,13+,14-,15-. The minimum Gasteiger partial charge on any atom is -0.460 e. The maximum absolute atomic E-state index is 13.7. The maximum Gasteiger partial charge on any atom is 0.374 e. The first-order chi connectivity index (χ1) is 12.6. The van der Waals surface area contributed by atoms with E-state index in [-0.39, 0.29) is 24.1 Å². The van der Waals surface area contributed by atoms with Crippen LogP contribution >= 0.6 is 0 Å². The van der Waals surface area contributed by atoms with E-state index in [1.807, 2.05) is 6.07 Å². The molecule has 1 heterocycles. The van der Waals surface area contributed by atoms with Gasteiger partial charge in [0.15, 0.2) is 0 Å². The van der Waals surface area contributed by atoms with Crippen LogP contribution in [0.1, 0.15) is 44.1 Å². The lowest BCUT2D eigenvalue weighted by Gasteiger charge is -2.16. The molecule has 1 aromatic heterocycles. The van der Waals surface area contributed by atoms with Crippen LogP contribution in [0.15, 0.2) is 30.5 Å². The SMILES string of the molecule is CCOC(=O)C(=O)[C@H]1C[C@@H]2C[C@H](c3ccnc4ccc(F)cc34)C[C@@H]2C1. The van der Waals surface area contributed by atoms with Crippen molar-refractivity contribution in [3.8, 4) is 0 Å². The summed E-state index contributed by atoms with van der Waals surface area (Å²) in [5.74, 6) is -0.253. The fraction of sp³-hybridized carbons (Fsp3) is 0.476. The number of esters is 1. The Balaban J connectivity index is 1.50. The highest BCUT2D eigenvalue weighted by molar-refractivity contribution is 6.34. The molecular formula is C21H22FNO3. The second-order valence-electron chi connectivity index (χ2n) is 7.50. The van der Waals surface area contributed by atoms with Crippen LogP contribution in [0.2, 0.25) is 0 Å². The maximum atomic E-state index is 13.7. The molecule has 4 atom stereocenters. The summed E-state index contributed by atoms with van der Waals surface area (Å²) in [6.07, 6.45) is 5.27. The molecule has 0 bridgehead atoms. The third-order valence-electron chi connectivity index (χ3n) is 6.04. The van der Waals surface area contributed by atoms with E-state index in [1.54, 1.807) is 25.3 Å². The van der Waals surface area contributed by atoms with Crippen molar-refractivity contribution in [1.82, 2.24) is 4.98 Å². The summed E-state index contributed by atoms with van der Waals surface area (Å²) in [5.41, 5.74) is 1.97. The number of halogens is 1. The third kappa shape index (κ3) is 3.00. The Kier molecular flexibility index (Phi) is 4.47. The van der Waals surface area contributed by atoms with E-state index in [1.165, 1.54) is 6.07 Å². The Hall–Kier alpha value is -2.30. The molecule has 0 N–H and O–H groups in total. The van der Waals surface area contributed by atoms with Crippen molar-refractivity contribution < 1.29 is 18.7 Å². The number of ketones is 1. The molecule has 2 aliphatic rings. The van der Waals surface area contributed by atoms with Gasteiger partial charge >= 0.3 is 5.97 Å². The van der Waals surface area contributed by atoms with Gasteiger partial charge in [0.1, 0.15) is 5.82 Å². The number of carbonyl (C=O) groups excluding carboxylic acids is 2. The number of pyridine rings is 1. The van der Waals surface area contributed by atoms with Crippen molar-refractivity contribution in [2.45, 2.75) is 38.5 Å². The predicted molar refractivity (Wildman–Crippen MR) is 95.0 cm³/mol.